The van der Waals surface area contributed by atoms with Gasteiger partial charge in [-0.1, -0.05) is 42.5 Å². The lowest BCUT2D eigenvalue weighted by Gasteiger charge is -2.36. The summed E-state index contributed by atoms with van der Waals surface area (Å²) >= 11 is 5.68. The minimum atomic E-state index is -0.758. The van der Waals surface area contributed by atoms with Crippen LogP contribution in [0.2, 0.25) is 0 Å². The molecule has 2 atom stereocenters. The Morgan fingerprint density at radius 1 is 0.971 bits per heavy atom. The molecule has 1 aliphatic rings. The maximum atomic E-state index is 13.3. The molecule has 1 unspecified atom stereocenters. The summed E-state index contributed by atoms with van der Waals surface area (Å²) in [5.74, 6) is -0.528. The van der Waals surface area contributed by atoms with Crippen molar-refractivity contribution in [1.29, 1.82) is 0 Å². The average molecular weight is 523 g/mol. The van der Waals surface area contributed by atoms with E-state index in [-0.39, 0.29) is 47.8 Å². The molecule has 1 heterocycles. The van der Waals surface area contributed by atoms with Crippen molar-refractivity contribution >= 4 is 41.7 Å². The Bertz CT molecular complexity index is 967. The maximum absolute atomic E-state index is 13.3. The summed E-state index contributed by atoms with van der Waals surface area (Å²) in [4.78, 5) is 40.9. The summed E-state index contributed by atoms with van der Waals surface area (Å²) in [5, 5.41) is 15.4. The van der Waals surface area contributed by atoms with E-state index in [4.69, 9.17) is 11.6 Å². The highest BCUT2D eigenvalue weighted by Crippen LogP contribution is 2.17. The van der Waals surface area contributed by atoms with Gasteiger partial charge in [0.1, 0.15) is 17.7 Å². The molecule has 2 aromatic carbocycles. The van der Waals surface area contributed by atoms with E-state index in [2.05, 4.69) is 15.5 Å². The smallest absolute Gasteiger partial charge is 0.243 e. The number of nitrogens with one attached hydrogen (secondary N) is 2. The molecule has 0 saturated carbocycles. The van der Waals surface area contributed by atoms with E-state index in [1.807, 2.05) is 30.3 Å². The van der Waals surface area contributed by atoms with E-state index in [0.29, 0.717) is 39.1 Å². The summed E-state index contributed by atoms with van der Waals surface area (Å²) in [6.07, 6.45) is 0.298. The first kappa shape index (κ1) is 28.4. The lowest BCUT2D eigenvalue weighted by molar-refractivity contribution is -0.130. The number of phenols is 1. The highest BCUT2D eigenvalue weighted by atomic mass is 35.5. The highest BCUT2D eigenvalue weighted by molar-refractivity contribution is 6.27. The van der Waals surface area contributed by atoms with Crippen LogP contribution >= 0.6 is 24.0 Å². The number of hydrogen-bond acceptors (Lipinski definition) is 5. The molecule has 0 spiro atoms. The van der Waals surface area contributed by atoms with Gasteiger partial charge in [0.2, 0.25) is 17.7 Å². The van der Waals surface area contributed by atoms with Crippen LogP contribution in [0, 0.1) is 0 Å². The van der Waals surface area contributed by atoms with Crippen molar-refractivity contribution < 1.29 is 19.5 Å². The average Bonchev–Trinajstić information content (AvgIpc) is 2.84. The number of amides is 3. The zero-order valence-corrected chi connectivity index (χ0v) is 21.2. The van der Waals surface area contributed by atoms with Crippen molar-refractivity contribution in [3.05, 3.63) is 65.7 Å². The second kappa shape index (κ2) is 13.9. The van der Waals surface area contributed by atoms with Crippen molar-refractivity contribution in [3.63, 3.8) is 0 Å². The second-order valence-electron chi connectivity index (χ2n) is 8.41. The van der Waals surface area contributed by atoms with Crippen molar-refractivity contribution in [2.24, 2.45) is 0 Å². The predicted molar refractivity (Wildman–Crippen MR) is 138 cm³/mol. The number of carbonyl (C=O) groups excluding carboxylic acids is 3. The van der Waals surface area contributed by atoms with E-state index < -0.39 is 6.04 Å². The van der Waals surface area contributed by atoms with Gasteiger partial charge >= 0.3 is 0 Å². The third kappa shape index (κ3) is 8.72. The summed E-state index contributed by atoms with van der Waals surface area (Å²) in [6, 6.07) is 15.2. The molecule has 8 nitrogen and oxygen atoms in total. The Balaban J connectivity index is 0.00000432. The first-order chi connectivity index (χ1) is 16.4. The second-order valence-corrected chi connectivity index (χ2v) is 8.68. The quantitative estimate of drug-likeness (QED) is 0.437. The van der Waals surface area contributed by atoms with Crippen LogP contribution in [0.3, 0.4) is 0 Å². The first-order valence-electron chi connectivity index (χ1n) is 11.3. The van der Waals surface area contributed by atoms with Gasteiger partial charge in [0, 0.05) is 46.1 Å². The van der Waals surface area contributed by atoms with Gasteiger partial charge in [0.15, 0.2) is 0 Å². The van der Waals surface area contributed by atoms with Crippen LogP contribution in [0.1, 0.15) is 24.1 Å². The van der Waals surface area contributed by atoms with Crippen LogP contribution in [0.25, 0.3) is 0 Å². The number of benzene rings is 2. The summed E-state index contributed by atoms with van der Waals surface area (Å²) in [7, 11) is 0. The Kier molecular flexibility index (Phi) is 11.3. The van der Waals surface area contributed by atoms with Crippen molar-refractivity contribution in [2.45, 2.75) is 25.4 Å². The van der Waals surface area contributed by atoms with Crippen LogP contribution in [-0.2, 0) is 20.8 Å². The standard InChI is InChI=1S/C25H31ClN4O4.ClH/c1-18(31)27-22(15-19-7-9-21(32)10-8-19)25(34)28-23(20-5-3-2-4-6-20)17-29-11-13-30(14-12-29)24(33)16-26;/h2-10,22-23,32H,11-17H2,1H3,(H,27,31)(H,28,34);1H/t22-,23?;/m0./s1. The molecule has 0 bridgehead atoms. The molecule has 1 saturated heterocycles. The van der Waals surface area contributed by atoms with E-state index in [1.165, 1.54) is 6.92 Å². The predicted octanol–water partition coefficient (Wildman–Crippen LogP) is 2.10. The number of carbonyl (C=O) groups is 3. The van der Waals surface area contributed by atoms with Crippen LogP contribution in [0.5, 0.6) is 5.75 Å². The van der Waals surface area contributed by atoms with Crippen molar-refractivity contribution in [1.82, 2.24) is 20.4 Å². The van der Waals surface area contributed by atoms with Crippen LogP contribution in [-0.4, -0.2) is 77.3 Å². The number of piperazine rings is 1. The fourth-order valence-corrected chi connectivity index (χ4v) is 4.21. The van der Waals surface area contributed by atoms with E-state index >= 15 is 0 Å². The largest absolute Gasteiger partial charge is 0.508 e. The van der Waals surface area contributed by atoms with Gasteiger partial charge in [-0.25, -0.2) is 0 Å². The molecular formula is C25H32Cl2N4O4. The van der Waals surface area contributed by atoms with E-state index in [9.17, 15) is 19.5 Å². The molecule has 35 heavy (non-hydrogen) atoms. The number of phenolic OH excluding ortho intramolecular Hbond substituents is 1. The van der Waals surface area contributed by atoms with E-state index in [1.54, 1.807) is 29.2 Å². The number of halogens is 2. The van der Waals surface area contributed by atoms with Crippen molar-refractivity contribution in [3.8, 4) is 5.75 Å². The maximum Gasteiger partial charge on any atom is 0.243 e. The van der Waals surface area contributed by atoms with Crippen LogP contribution in [0.15, 0.2) is 54.6 Å². The fourth-order valence-electron chi connectivity index (χ4n) is 4.04. The molecule has 3 amide bonds. The number of nitrogens with zero attached hydrogens (tertiary/aromatic N) is 2. The summed E-state index contributed by atoms with van der Waals surface area (Å²) in [6.45, 7) is 4.51. The number of hydrogen-bond donors (Lipinski definition) is 3. The topological polar surface area (TPSA) is 102 Å². The summed E-state index contributed by atoms with van der Waals surface area (Å²) < 4.78 is 0. The molecule has 190 valence electrons. The van der Waals surface area contributed by atoms with E-state index in [0.717, 1.165) is 11.1 Å². The third-order valence-electron chi connectivity index (χ3n) is 5.87. The fraction of sp³-hybridized carbons (Fsp3) is 0.400. The Morgan fingerprint density at radius 2 is 1.60 bits per heavy atom. The molecule has 2 aromatic rings. The van der Waals surface area contributed by atoms with Gasteiger partial charge in [0.25, 0.3) is 0 Å². The number of alkyl halides is 1. The zero-order chi connectivity index (χ0) is 24.5. The molecule has 0 aromatic heterocycles. The monoisotopic (exact) mass is 522 g/mol. The third-order valence-corrected chi connectivity index (χ3v) is 6.10. The molecule has 0 aliphatic carbocycles. The minimum absolute atomic E-state index is 0. The van der Waals surface area contributed by atoms with Gasteiger partial charge < -0.3 is 20.6 Å². The molecule has 1 fully saturated rings. The molecular weight excluding hydrogens is 491 g/mol. The lowest BCUT2D eigenvalue weighted by atomic mass is 10.0. The van der Waals surface area contributed by atoms with Crippen LogP contribution in [0.4, 0.5) is 0 Å². The van der Waals surface area contributed by atoms with Gasteiger partial charge in [-0.15, -0.1) is 24.0 Å². The van der Waals surface area contributed by atoms with Crippen LogP contribution < -0.4 is 10.6 Å². The Labute approximate surface area is 217 Å². The van der Waals surface area contributed by atoms with Gasteiger partial charge in [-0.05, 0) is 23.3 Å². The van der Waals surface area contributed by atoms with Crippen molar-refractivity contribution in [2.75, 3.05) is 38.6 Å². The lowest BCUT2D eigenvalue weighted by Crippen LogP contribution is -2.53. The number of rotatable bonds is 9. The minimum Gasteiger partial charge on any atom is -0.508 e. The molecule has 0 radical (unpaired) electrons. The number of aromatic hydroxyl groups is 1. The van der Waals surface area contributed by atoms with Gasteiger partial charge in [-0.2, -0.15) is 0 Å². The Morgan fingerprint density at radius 3 is 2.17 bits per heavy atom. The SMILES string of the molecule is CC(=O)N[C@@H](Cc1ccc(O)cc1)C(=O)NC(CN1CCN(C(=O)CCl)CC1)c1ccccc1.Cl. The highest BCUT2D eigenvalue weighted by Gasteiger charge is 2.27. The molecule has 1 aliphatic heterocycles. The van der Waals surface area contributed by atoms with Gasteiger partial charge in [0.05, 0.1) is 6.04 Å². The molecule has 3 N–H and O–H groups in total. The zero-order valence-electron chi connectivity index (χ0n) is 19.7. The van der Waals surface area contributed by atoms with Gasteiger partial charge in [-0.3, -0.25) is 19.3 Å². The first-order valence-corrected chi connectivity index (χ1v) is 11.9. The normalized spacial score (nSPS) is 15.4. The Hall–Kier alpha value is -2.81. The molecule has 3 rings (SSSR count). The molecule has 10 heteroatoms. The summed E-state index contributed by atoms with van der Waals surface area (Å²) in [5.41, 5.74) is 1.78.